The van der Waals surface area contributed by atoms with Gasteiger partial charge < -0.3 is 10.6 Å². The molecule has 0 saturated heterocycles. The topological polar surface area (TPSA) is 41.1 Å². The number of nitrogens with one attached hydrogen (secondary N) is 2. The predicted octanol–water partition coefficient (Wildman–Crippen LogP) is 3.90. The van der Waals surface area contributed by atoms with Crippen LogP contribution in [0.1, 0.15) is 16.7 Å². The molecule has 0 heterocycles. The number of carbonyl (C=O) groups excluding carboxylic acids is 1. The van der Waals surface area contributed by atoms with Crippen LogP contribution in [0.4, 0.5) is 19.3 Å². The van der Waals surface area contributed by atoms with E-state index in [1.807, 2.05) is 32.0 Å². The molecule has 110 valence electrons. The van der Waals surface area contributed by atoms with Crippen LogP contribution in [0.2, 0.25) is 0 Å². The molecule has 0 aliphatic heterocycles. The van der Waals surface area contributed by atoms with Crippen LogP contribution in [0.25, 0.3) is 0 Å². The lowest BCUT2D eigenvalue weighted by atomic mass is 10.1. The lowest BCUT2D eigenvalue weighted by Gasteiger charge is -2.10. The molecule has 0 aliphatic carbocycles. The average Bonchev–Trinajstić information content (AvgIpc) is 2.42. The minimum atomic E-state index is -0.682. The monoisotopic (exact) mass is 290 g/mol. The third kappa shape index (κ3) is 4.02. The fraction of sp³-hybridized carbons (Fsp3) is 0.188. The summed E-state index contributed by atoms with van der Waals surface area (Å²) in [5.41, 5.74) is 2.98. The quantitative estimate of drug-likeness (QED) is 0.884. The number of benzene rings is 2. The van der Waals surface area contributed by atoms with E-state index in [0.717, 1.165) is 34.9 Å². The van der Waals surface area contributed by atoms with Crippen LogP contribution in [-0.4, -0.2) is 6.03 Å². The Morgan fingerprint density at radius 3 is 2.57 bits per heavy atom. The molecule has 0 fully saturated rings. The minimum absolute atomic E-state index is 0.187. The van der Waals surface area contributed by atoms with Crippen molar-refractivity contribution in [2.75, 3.05) is 5.32 Å². The van der Waals surface area contributed by atoms with Gasteiger partial charge in [0, 0.05) is 12.6 Å². The van der Waals surface area contributed by atoms with E-state index < -0.39 is 17.7 Å². The molecule has 2 aromatic carbocycles. The first-order valence-electron chi connectivity index (χ1n) is 6.52. The van der Waals surface area contributed by atoms with Gasteiger partial charge in [-0.05, 0) is 37.1 Å². The van der Waals surface area contributed by atoms with Gasteiger partial charge in [-0.15, -0.1) is 0 Å². The SMILES string of the molecule is Cc1ccc(CNC(=O)Nc2cc(F)ccc2F)c(C)c1. The van der Waals surface area contributed by atoms with Gasteiger partial charge in [0.25, 0.3) is 0 Å². The zero-order valence-corrected chi connectivity index (χ0v) is 11.8. The van der Waals surface area contributed by atoms with Crippen molar-refractivity contribution in [3.8, 4) is 0 Å². The maximum atomic E-state index is 13.4. The van der Waals surface area contributed by atoms with Crippen molar-refractivity contribution in [3.63, 3.8) is 0 Å². The molecule has 2 rings (SSSR count). The van der Waals surface area contributed by atoms with E-state index in [4.69, 9.17) is 0 Å². The highest BCUT2D eigenvalue weighted by atomic mass is 19.1. The van der Waals surface area contributed by atoms with E-state index in [9.17, 15) is 13.6 Å². The Bertz CT molecular complexity index is 671. The third-order valence-electron chi connectivity index (χ3n) is 3.11. The predicted molar refractivity (Wildman–Crippen MR) is 78.1 cm³/mol. The van der Waals surface area contributed by atoms with Gasteiger partial charge in [-0.25, -0.2) is 13.6 Å². The van der Waals surface area contributed by atoms with E-state index in [2.05, 4.69) is 10.6 Å². The molecule has 2 aromatic rings. The normalized spacial score (nSPS) is 10.3. The fourth-order valence-electron chi connectivity index (χ4n) is 1.98. The first kappa shape index (κ1) is 15.0. The molecule has 2 N–H and O–H groups in total. The first-order valence-corrected chi connectivity index (χ1v) is 6.52. The molecule has 0 spiro atoms. The van der Waals surface area contributed by atoms with Crippen molar-refractivity contribution in [2.24, 2.45) is 0 Å². The number of hydrogen-bond donors (Lipinski definition) is 2. The Labute approximate surface area is 122 Å². The zero-order chi connectivity index (χ0) is 15.4. The van der Waals surface area contributed by atoms with Crippen LogP contribution >= 0.6 is 0 Å². The van der Waals surface area contributed by atoms with Crippen LogP contribution in [0.15, 0.2) is 36.4 Å². The van der Waals surface area contributed by atoms with Gasteiger partial charge in [-0.3, -0.25) is 0 Å². The summed E-state index contributed by atoms with van der Waals surface area (Å²) < 4.78 is 26.4. The fourth-order valence-corrected chi connectivity index (χ4v) is 1.98. The van der Waals surface area contributed by atoms with Gasteiger partial charge in [0.1, 0.15) is 11.6 Å². The molecular formula is C16H16F2N2O. The van der Waals surface area contributed by atoms with Gasteiger partial charge in [-0.1, -0.05) is 23.8 Å². The number of anilines is 1. The van der Waals surface area contributed by atoms with Crippen molar-refractivity contribution >= 4 is 11.7 Å². The summed E-state index contributed by atoms with van der Waals surface area (Å²) in [6.07, 6.45) is 0. The Kier molecular flexibility index (Phi) is 4.52. The molecule has 21 heavy (non-hydrogen) atoms. The Morgan fingerprint density at radius 1 is 1.10 bits per heavy atom. The van der Waals surface area contributed by atoms with Crippen LogP contribution in [0, 0.1) is 25.5 Å². The molecule has 0 saturated carbocycles. The van der Waals surface area contributed by atoms with E-state index in [-0.39, 0.29) is 5.69 Å². The standard InChI is InChI=1S/C16H16F2N2O/c1-10-3-4-12(11(2)7-10)9-19-16(21)20-15-8-13(17)5-6-14(15)18/h3-8H,9H2,1-2H3,(H2,19,20,21). The van der Waals surface area contributed by atoms with E-state index >= 15 is 0 Å². The first-order chi connectivity index (χ1) is 9.95. The average molecular weight is 290 g/mol. The lowest BCUT2D eigenvalue weighted by Crippen LogP contribution is -2.28. The molecule has 2 amide bonds. The second-order valence-electron chi connectivity index (χ2n) is 4.86. The number of halogens is 2. The van der Waals surface area contributed by atoms with Crippen molar-refractivity contribution in [3.05, 3.63) is 64.7 Å². The second kappa shape index (κ2) is 6.35. The van der Waals surface area contributed by atoms with E-state index in [0.29, 0.717) is 6.54 Å². The molecule has 0 aliphatic rings. The highest BCUT2D eigenvalue weighted by Gasteiger charge is 2.08. The Balaban J connectivity index is 1.97. The summed E-state index contributed by atoms with van der Waals surface area (Å²) >= 11 is 0. The Hall–Kier alpha value is -2.43. The van der Waals surface area contributed by atoms with Crippen LogP contribution < -0.4 is 10.6 Å². The second-order valence-corrected chi connectivity index (χ2v) is 4.86. The van der Waals surface area contributed by atoms with Crippen LogP contribution in [0.5, 0.6) is 0 Å². The molecule has 5 heteroatoms. The number of hydrogen-bond acceptors (Lipinski definition) is 1. The number of rotatable bonds is 3. The summed E-state index contributed by atoms with van der Waals surface area (Å²) in [7, 11) is 0. The zero-order valence-electron chi connectivity index (χ0n) is 11.8. The van der Waals surface area contributed by atoms with Crippen molar-refractivity contribution < 1.29 is 13.6 Å². The molecule has 0 radical (unpaired) electrons. The van der Waals surface area contributed by atoms with Gasteiger partial charge >= 0.3 is 6.03 Å². The highest BCUT2D eigenvalue weighted by Crippen LogP contribution is 2.15. The molecule has 0 atom stereocenters. The smallest absolute Gasteiger partial charge is 0.319 e. The summed E-state index contributed by atoms with van der Waals surface area (Å²) in [6, 6.07) is 8.21. The minimum Gasteiger partial charge on any atom is -0.334 e. The maximum absolute atomic E-state index is 13.4. The lowest BCUT2D eigenvalue weighted by molar-refractivity contribution is 0.251. The summed E-state index contributed by atoms with van der Waals surface area (Å²) in [4.78, 5) is 11.7. The molecule has 0 aromatic heterocycles. The van der Waals surface area contributed by atoms with Gasteiger partial charge in [-0.2, -0.15) is 0 Å². The largest absolute Gasteiger partial charge is 0.334 e. The number of urea groups is 1. The van der Waals surface area contributed by atoms with Gasteiger partial charge in [0.2, 0.25) is 0 Å². The van der Waals surface area contributed by atoms with E-state index in [1.54, 1.807) is 0 Å². The molecular weight excluding hydrogens is 274 g/mol. The molecule has 3 nitrogen and oxygen atoms in total. The highest BCUT2D eigenvalue weighted by molar-refractivity contribution is 5.89. The van der Waals surface area contributed by atoms with Crippen molar-refractivity contribution in [1.82, 2.24) is 5.32 Å². The summed E-state index contributed by atoms with van der Waals surface area (Å²) in [5.74, 6) is -1.29. The summed E-state index contributed by atoms with van der Waals surface area (Å²) in [6.45, 7) is 4.26. The maximum Gasteiger partial charge on any atom is 0.319 e. The third-order valence-corrected chi connectivity index (χ3v) is 3.11. The number of aryl methyl sites for hydroxylation is 2. The van der Waals surface area contributed by atoms with Gasteiger partial charge in [0.05, 0.1) is 5.69 Å². The van der Waals surface area contributed by atoms with Gasteiger partial charge in [0.15, 0.2) is 0 Å². The number of carbonyl (C=O) groups is 1. The molecule has 0 unspecified atom stereocenters. The van der Waals surface area contributed by atoms with Crippen LogP contribution in [-0.2, 0) is 6.54 Å². The molecule has 0 bridgehead atoms. The summed E-state index contributed by atoms with van der Waals surface area (Å²) in [5, 5.41) is 4.90. The van der Waals surface area contributed by atoms with Crippen molar-refractivity contribution in [1.29, 1.82) is 0 Å². The van der Waals surface area contributed by atoms with Crippen molar-refractivity contribution in [2.45, 2.75) is 20.4 Å². The Morgan fingerprint density at radius 2 is 1.86 bits per heavy atom. The van der Waals surface area contributed by atoms with E-state index in [1.165, 1.54) is 0 Å². The van der Waals surface area contributed by atoms with Crippen LogP contribution in [0.3, 0.4) is 0 Å². The number of amides is 2.